The molecule has 2 N–H and O–H groups in total. The maximum atomic E-state index is 12.9. The van der Waals surface area contributed by atoms with Crippen molar-refractivity contribution in [2.45, 2.75) is 5.92 Å². The first-order valence-electron chi connectivity index (χ1n) is 8.10. The van der Waals surface area contributed by atoms with Gasteiger partial charge in [0.05, 0.1) is 5.56 Å². The highest BCUT2D eigenvalue weighted by Gasteiger charge is 2.35. The zero-order valence-electron chi connectivity index (χ0n) is 14.1. The Kier molecular flexibility index (Phi) is 6.58. The molecule has 1 saturated heterocycles. The van der Waals surface area contributed by atoms with Crippen molar-refractivity contribution in [1.82, 2.24) is 19.5 Å². The average molecular weight is 394 g/mol. The Morgan fingerprint density at radius 2 is 1.88 bits per heavy atom. The van der Waals surface area contributed by atoms with Crippen LogP contribution in [0.3, 0.4) is 0 Å². The Bertz CT molecular complexity index is 870. The number of rotatable bonds is 3. The van der Waals surface area contributed by atoms with Crippen LogP contribution in [0.1, 0.15) is 21.8 Å². The summed E-state index contributed by atoms with van der Waals surface area (Å²) in [4.78, 5) is 14.8. The molecule has 2 atom stereocenters. The number of amides is 1. The van der Waals surface area contributed by atoms with Gasteiger partial charge in [0.1, 0.15) is 6.33 Å². The van der Waals surface area contributed by atoms with Crippen LogP contribution in [0, 0.1) is 5.92 Å². The standard InChI is InChI=1S/C18H19N5O.2ClH/c19-8-15-10-22(11-16(15)13-4-2-1-3-5-13)18(24)14-6-7-17-21-20-12-23(17)9-14;;/h1-7,9,12,15-16H,8,10-11,19H2;2*1H/t15-,16+;;/m1../s1. The monoisotopic (exact) mass is 393 g/mol. The second-order valence-corrected chi connectivity index (χ2v) is 6.24. The zero-order chi connectivity index (χ0) is 16.5. The third kappa shape index (κ3) is 3.67. The van der Waals surface area contributed by atoms with Gasteiger partial charge in [0.15, 0.2) is 5.65 Å². The van der Waals surface area contributed by atoms with Gasteiger partial charge in [-0.15, -0.1) is 35.0 Å². The lowest BCUT2D eigenvalue weighted by molar-refractivity contribution is 0.0786. The predicted molar refractivity (Wildman–Crippen MR) is 105 cm³/mol. The fourth-order valence-corrected chi connectivity index (χ4v) is 3.49. The van der Waals surface area contributed by atoms with E-state index in [2.05, 4.69) is 22.3 Å². The van der Waals surface area contributed by atoms with Crippen molar-refractivity contribution in [2.75, 3.05) is 19.6 Å². The minimum atomic E-state index is 0. The molecule has 0 saturated carbocycles. The number of benzene rings is 1. The molecule has 0 bridgehead atoms. The summed E-state index contributed by atoms with van der Waals surface area (Å²) in [5.74, 6) is 0.608. The summed E-state index contributed by atoms with van der Waals surface area (Å²) >= 11 is 0. The Hall–Kier alpha value is -2.15. The Morgan fingerprint density at radius 1 is 1.12 bits per heavy atom. The molecule has 2 aromatic heterocycles. The summed E-state index contributed by atoms with van der Waals surface area (Å²) in [6, 6.07) is 13.9. The molecule has 1 amide bonds. The quantitative estimate of drug-likeness (QED) is 0.740. The minimum Gasteiger partial charge on any atom is -0.338 e. The van der Waals surface area contributed by atoms with Crippen molar-refractivity contribution >= 4 is 36.4 Å². The molecule has 1 fully saturated rings. The van der Waals surface area contributed by atoms with Crippen molar-refractivity contribution in [1.29, 1.82) is 0 Å². The highest BCUT2D eigenvalue weighted by atomic mass is 35.5. The lowest BCUT2D eigenvalue weighted by atomic mass is 9.89. The number of fused-ring (bicyclic) bond motifs is 1. The van der Waals surface area contributed by atoms with Crippen LogP contribution in [-0.4, -0.2) is 45.0 Å². The Labute approximate surface area is 164 Å². The van der Waals surface area contributed by atoms with E-state index in [9.17, 15) is 4.79 Å². The van der Waals surface area contributed by atoms with Crippen LogP contribution in [-0.2, 0) is 0 Å². The molecule has 3 aromatic rings. The third-order valence-corrected chi connectivity index (χ3v) is 4.80. The van der Waals surface area contributed by atoms with E-state index in [0.717, 1.165) is 5.65 Å². The van der Waals surface area contributed by atoms with Gasteiger partial charge in [-0.1, -0.05) is 30.3 Å². The van der Waals surface area contributed by atoms with Crippen LogP contribution in [0.5, 0.6) is 0 Å². The van der Waals surface area contributed by atoms with Crippen LogP contribution >= 0.6 is 24.8 Å². The maximum Gasteiger partial charge on any atom is 0.255 e. The first kappa shape index (κ1) is 20.2. The Balaban J connectivity index is 0.00000121. The number of hydrogen-bond donors (Lipinski definition) is 1. The van der Waals surface area contributed by atoms with Crippen LogP contribution in [0.25, 0.3) is 5.65 Å². The van der Waals surface area contributed by atoms with Gasteiger partial charge < -0.3 is 10.6 Å². The van der Waals surface area contributed by atoms with E-state index in [-0.39, 0.29) is 36.6 Å². The molecular weight excluding hydrogens is 373 g/mol. The molecule has 8 heteroatoms. The molecule has 0 radical (unpaired) electrons. The molecule has 1 aliphatic rings. The van der Waals surface area contributed by atoms with Crippen molar-refractivity contribution in [2.24, 2.45) is 11.7 Å². The van der Waals surface area contributed by atoms with E-state index in [0.29, 0.717) is 31.1 Å². The number of nitrogens with zero attached hydrogens (tertiary/aromatic N) is 4. The van der Waals surface area contributed by atoms with Gasteiger partial charge in [-0.05, 0) is 30.2 Å². The second-order valence-electron chi connectivity index (χ2n) is 6.24. The average Bonchev–Trinajstić information content (AvgIpc) is 3.27. The van der Waals surface area contributed by atoms with E-state index >= 15 is 0 Å². The lowest BCUT2D eigenvalue weighted by Gasteiger charge is -2.17. The number of likely N-dealkylation sites (tertiary alicyclic amines) is 1. The summed E-state index contributed by atoms with van der Waals surface area (Å²) in [6.07, 6.45) is 3.39. The summed E-state index contributed by atoms with van der Waals surface area (Å²) in [6.45, 7) is 1.97. The van der Waals surface area contributed by atoms with Gasteiger partial charge >= 0.3 is 0 Å². The topological polar surface area (TPSA) is 76.5 Å². The number of aromatic nitrogens is 3. The molecular formula is C18H21Cl2N5O. The molecule has 3 heterocycles. The van der Waals surface area contributed by atoms with Gasteiger partial charge in [0, 0.05) is 25.2 Å². The molecule has 0 spiro atoms. The molecule has 0 unspecified atom stereocenters. The fourth-order valence-electron chi connectivity index (χ4n) is 3.49. The number of hydrogen-bond acceptors (Lipinski definition) is 4. The van der Waals surface area contributed by atoms with Crippen LogP contribution in [0.4, 0.5) is 0 Å². The second kappa shape index (κ2) is 8.49. The third-order valence-electron chi connectivity index (χ3n) is 4.80. The SMILES string of the molecule is Cl.Cl.NC[C@@H]1CN(C(=O)c2ccc3nncn3c2)C[C@H]1c1ccccc1. The summed E-state index contributed by atoms with van der Waals surface area (Å²) in [5.41, 5.74) is 8.59. The molecule has 1 aliphatic heterocycles. The van der Waals surface area contributed by atoms with Gasteiger partial charge in [-0.25, -0.2) is 0 Å². The highest BCUT2D eigenvalue weighted by molar-refractivity contribution is 5.94. The maximum absolute atomic E-state index is 12.9. The molecule has 4 rings (SSSR count). The van der Waals surface area contributed by atoms with E-state index in [1.54, 1.807) is 23.0 Å². The number of halogens is 2. The van der Waals surface area contributed by atoms with E-state index < -0.39 is 0 Å². The first-order valence-corrected chi connectivity index (χ1v) is 8.10. The summed E-state index contributed by atoms with van der Waals surface area (Å²) in [7, 11) is 0. The van der Waals surface area contributed by atoms with Gasteiger partial charge in [0.25, 0.3) is 5.91 Å². The number of carbonyl (C=O) groups excluding carboxylic acids is 1. The highest BCUT2D eigenvalue weighted by Crippen LogP contribution is 2.32. The van der Waals surface area contributed by atoms with Crippen molar-refractivity contribution in [3.63, 3.8) is 0 Å². The Morgan fingerprint density at radius 3 is 2.62 bits per heavy atom. The van der Waals surface area contributed by atoms with Crippen molar-refractivity contribution in [3.05, 3.63) is 66.1 Å². The van der Waals surface area contributed by atoms with Crippen molar-refractivity contribution in [3.8, 4) is 0 Å². The summed E-state index contributed by atoms with van der Waals surface area (Å²) < 4.78 is 1.76. The van der Waals surface area contributed by atoms with Crippen LogP contribution < -0.4 is 5.73 Å². The van der Waals surface area contributed by atoms with Crippen molar-refractivity contribution < 1.29 is 4.79 Å². The van der Waals surface area contributed by atoms with Gasteiger partial charge in [-0.3, -0.25) is 9.20 Å². The molecule has 26 heavy (non-hydrogen) atoms. The van der Waals surface area contributed by atoms with Gasteiger partial charge in [0.2, 0.25) is 0 Å². The predicted octanol–water partition coefficient (Wildman–Crippen LogP) is 2.39. The number of pyridine rings is 1. The van der Waals surface area contributed by atoms with E-state index in [1.165, 1.54) is 5.56 Å². The van der Waals surface area contributed by atoms with Crippen LogP contribution in [0.15, 0.2) is 55.0 Å². The number of carbonyl (C=O) groups is 1. The normalized spacial score (nSPS) is 19.0. The smallest absolute Gasteiger partial charge is 0.255 e. The summed E-state index contributed by atoms with van der Waals surface area (Å²) in [5, 5.41) is 7.81. The molecule has 0 aliphatic carbocycles. The van der Waals surface area contributed by atoms with E-state index in [1.807, 2.05) is 29.2 Å². The van der Waals surface area contributed by atoms with Gasteiger partial charge in [-0.2, -0.15) is 0 Å². The molecule has 6 nitrogen and oxygen atoms in total. The molecule has 1 aromatic carbocycles. The fraction of sp³-hybridized carbons (Fsp3) is 0.278. The van der Waals surface area contributed by atoms with Crippen LogP contribution in [0.2, 0.25) is 0 Å². The lowest BCUT2D eigenvalue weighted by Crippen LogP contribution is -2.30. The first-order chi connectivity index (χ1) is 11.8. The largest absolute Gasteiger partial charge is 0.338 e. The zero-order valence-corrected chi connectivity index (χ0v) is 15.7. The molecule has 138 valence electrons. The van der Waals surface area contributed by atoms with E-state index in [4.69, 9.17) is 5.73 Å². The number of nitrogens with two attached hydrogens (primary N) is 1. The minimum absolute atomic E-state index is 0.